The Labute approximate surface area is 285 Å². The maximum atomic E-state index is 9.00. The predicted octanol–water partition coefficient (Wildman–Crippen LogP) is 4.82. The van der Waals surface area contributed by atoms with Gasteiger partial charge in [-0.2, -0.15) is 10.2 Å². The van der Waals surface area contributed by atoms with Gasteiger partial charge < -0.3 is 14.9 Å². The Morgan fingerprint density at radius 3 is 1.30 bits per heavy atom. The van der Waals surface area contributed by atoms with Crippen molar-refractivity contribution in [3.8, 4) is 0 Å². The molecule has 0 aliphatic carbocycles. The summed E-state index contributed by atoms with van der Waals surface area (Å²) in [6.45, 7) is 9.07. The summed E-state index contributed by atoms with van der Waals surface area (Å²) in [6.07, 6.45) is 13.6. The van der Waals surface area contributed by atoms with E-state index >= 15 is 0 Å². The van der Waals surface area contributed by atoms with E-state index in [4.69, 9.17) is 34.3 Å². The summed E-state index contributed by atoms with van der Waals surface area (Å²) in [5.74, 6) is -0.833. The Morgan fingerprint density at radius 1 is 0.698 bits per heavy atom. The number of nitrogens with zero attached hydrogens (tertiary/aromatic N) is 6. The zero-order valence-electron chi connectivity index (χ0n) is 25.4. The van der Waals surface area contributed by atoms with Gasteiger partial charge in [0.1, 0.15) is 0 Å². The molecule has 2 aromatic rings. The average Bonchev–Trinajstić information content (AvgIpc) is 3.46. The summed E-state index contributed by atoms with van der Waals surface area (Å²) in [7, 11) is 0. The summed E-state index contributed by atoms with van der Waals surface area (Å²) >= 11 is 10.8. The minimum Gasteiger partial charge on any atom is -0.481 e. The molecule has 0 spiro atoms. The maximum absolute atomic E-state index is 9.00. The van der Waals surface area contributed by atoms with Gasteiger partial charge in [-0.15, -0.1) is 0 Å². The Balaban J connectivity index is 0.000000375. The molecule has 4 heterocycles. The summed E-state index contributed by atoms with van der Waals surface area (Å²) < 4.78 is 0. The van der Waals surface area contributed by atoms with E-state index in [1.807, 2.05) is 50.2 Å². The SMILES string of the molecule is C/C(=N\NC(=S)N1CCCCCC1)c1ccccn1.C/C(=N\NC(=S)N1CCCCCC1)c1ccccn1.CC(=O)O.[Bi]. The molecule has 2 fully saturated rings. The summed E-state index contributed by atoms with van der Waals surface area (Å²) in [6, 6.07) is 11.6. The molecule has 43 heavy (non-hydrogen) atoms. The fraction of sp³-hybridized carbons (Fsp3) is 0.500. The molecular formula is C30H44BiN8O2S2. The van der Waals surface area contributed by atoms with E-state index in [0.717, 1.165) is 66.1 Å². The van der Waals surface area contributed by atoms with Crippen molar-refractivity contribution in [3.63, 3.8) is 0 Å². The Bertz CT molecular complexity index is 1060. The molecule has 3 radical (unpaired) electrons. The third-order valence-corrected chi connectivity index (χ3v) is 7.20. The first-order valence-electron chi connectivity index (χ1n) is 14.5. The number of rotatable bonds is 4. The van der Waals surface area contributed by atoms with Crippen molar-refractivity contribution in [1.29, 1.82) is 0 Å². The van der Waals surface area contributed by atoms with Gasteiger partial charge in [-0.1, -0.05) is 37.8 Å². The van der Waals surface area contributed by atoms with Gasteiger partial charge in [-0.3, -0.25) is 25.6 Å². The van der Waals surface area contributed by atoms with Crippen LogP contribution in [0.5, 0.6) is 0 Å². The number of hydrogen-bond donors (Lipinski definition) is 3. The average molecular weight is 822 g/mol. The van der Waals surface area contributed by atoms with E-state index in [0.29, 0.717) is 0 Å². The third kappa shape index (κ3) is 16.7. The van der Waals surface area contributed by atoms with Crippen LogP contribution >= 0.6 is 24.4 Å². The zero-order chi connectivity index (χ0) is 30.6. The van der Waals surface area contributed by atoms with Gasteiger partial charge >= 0.3 is 0 Å². The number of carbonyl (C=O) groups is 1. The number of thiocarbonyl (C=S) groups is 2. The number of aromatic nitrogens is 2. The van der Waals surface area contributed by atoms with Gasteiger partial charge in [0, 0.05) is 71.7 Å². The molecule has 13 heteroatoms. The number of likely N-dealkylation sites (tertiary alicyclic amines) is 2. The summed E-state index contributed by atoms with van der Waals surface area (Å²) in [5, 5.41) is 17.5. The number of hydrazone groups is 2. The first-order chi connectivity index (χ1) is 20.3. The van der Waals surface area contributed by atoms with Crippen molar-refractivity contribution >= 4 is 78.3 Å². The molecule has 10 nitrogen and oxygen atoms in total. The molecule has 2 aliphatic rings. The Kier molecular flexibility index (Phi) is 20.4. The minimum absolute atomic E-state index is 0. The second kappa shape index (κ2) is 22.8. The van der Waals surface area contributed by atoms with Crippen molar-refractivity contribution in [2.45, 2.75) is 72.1 Å². The number of nitrogens with one attached hydrogen (secondary N) is 2. The van der Waals surface area contributed by atoms with Gasteiger partial charge in [-0.25, -0.2) is 0 Å². The largest absolute Gasteiger partial charge is 0.481 e. The summed E-state index contributed by atoms with van der Waals surface area (Å²) in [4.78, 5) is 21.9. The van der Waals surface area contributed by atoms with Crippen LogP contribution in [0.4, 0.5) is 0 Å². The summed E-state index contributed by atoms with van der Waals surface area (Å²) in [5.41, 5.74) is 9.40. The zero-order valence-corrected chi connectivity index (χ0v) is 30.5. The fourth-order valence-electron chi connectivity index (χ4n) is 4.22. The molecule has 3 N–H and O–H groups in total. The third-order valence-electron chi connectivity index (χ3n) is 6.50. The van der Waals surface area contributed by atoms with E-state index in [2.05, 4.69) is 40.8 Å². The first-order valence-corrected chi connectivity index (χ1v) is 15.3. The number of aliphatic carboxylic acids is 1. The molecule has 4 rings (SSSR count). The number of hydrogen-bond acceptors (Lipinski definition) is 7. The minimum atomic E-state index is -0.833. The van der Waals surface area contributed by atoms with Gasteiger partial charge in [-0.05, 0) is 88.2 Å². The van der Waals surface area contributed by atoms with Crippen LogP contribution in [0.1, 0.15) is 83.5 Å². The smallest absolute Gasteiger partial charge is 0.300 e. The second-order valence-electron chi connectivity index (χ2n) is 9.98. The molecule has 0 aromatic carbocycles. The molecule has 2 saturated heterocycles. The Hall–Kier alpha value is -2.63. The topological polar surface area (TPSA) is 118 Å². The Morgan fingerprint density at radius 2 is 1.02 bits per heavy atom. The van der Waals surface area contributed by atoms with Crippen molar-refractivity contribution in [3.05, 3.63) is 60.2 Å². The number of pyridine rings is 2. The quantitative estimate of drug-likeness (QED) is 0.172. The van der Waals surface area contributed by atoms with E-state index in [1.165, 1.54) is 51.4 Å². The van der Waals surface area contributed by atoms with Crippen LogP contribution in [0.3, 0.4) is 0 Å². The standard InChI is InChI=1S/2C14H20N4S.C2H4O2.Bi/c2*1-12(13-8-4-5-9-15-13)16-17-14(19)18-10-6-2-3-7-11-18;1-2(3)4;/h2*4-5,8-9H,2-3,6-7,10-11H2,1H3,(H,17,19);1H3,(H,3,4);/b2*16-12+;;. The monoisotopic (exact) mass is 821 g/mol. The van der Waals surface area contributed by atoms with Gasteiger partial charge in [0.25, 0.3) is 5.97 Å². The number of carboxylic acid groups (broad SMARTS) is 1. The van der Waals surface area contributed by atoms with E-state index in [1.54, 1.807) is 12.4 Å². The van der Waals surface area contributed by atoms with Gasteiger partial charge in [0.15, 0.2) is 10.2 Å². The molecule has 0 amide bonds. The molecule has 2 aliphatic heterocycles. The van der Waals surface area contributed by atoms with Crippen molar-refractivity contribution in [1.82, 2.24) is 30.6 Å². The van der Waals surface area contributed by atoms with Crippen molar-refractivity contribution in [2.75, 3.05) is 26.2 Å². The van der Waals surface area contributed by atoms with E-state index in [-0.39, 0.29) is 26.2 Å². The van der Waals surface area contributed by atoms with Crippen LogP contribution in [-0.4, -0.2) is 105 Å². The second-order valence-corrected chi connectivity index (χ2v) is 10.8. The van der Waals surface area contributed by atoms with Crippen LogP contribution in [0.15, 0.2) is 59.0 Å². The fourth-order valence-corrected chi connectivity index (χ4v) is 4.68. The van der Waals surface area contributed by atoms with Crippen molar-refractivity contribution in [2.24, 2.45) is 10.2 Å². The molecule has 0 saturated carbocycles. The van der Waals surface area contributed by atoms with E-state index < -0.39 is 5.97 Å². The van der Waals surface area contributed by atoms with Crippen LogP contribution in [-0.2, 0) is 4.79 Å². The van der Waals surface area contributed by atoms with Gasteiger partial charge in [0.2, 0.25) is 0 Å². The van der Waals surface area contributed by atoms with Crippen LogP contribution < -0.4 is 10.9 Å². The molecule has 0 atom stereocenters. The van der Waals surface area contributed by atoms with Crippen molar-refractivity contribution < 1.29 is 9.90 Å². The molecule has 0 unspecified atom stereocenters. The predicted molar refractivity (Wildman–Crippen MR) is 184 cm³/mol. The maximum Gasteiger partial charge on any atom is 0.300 e. The van der Waals surface area contributed by atoms with Crippen LogP contribution in [0.2, 0.25) is 0 Å². The molecule has 233 valence electrons. The van der Waals surface area contributed by atoms with Crippen LogP contribution in [0.25, 0.3) is 0 Å². The molecule has 0 bridgehead atoms. The normalized spacial score (nSPS) is 15.5. The van der Waals surface area contributed by atoms with E-state index in [9.17, 15) is 0 Å². The van der Waals surface area contributed by atoms with Crippen LogP contribution in [0, 0.1) is 0 Å². The molecular weight excluding hydrogens is 777 g/mol. The first kappa shape index (κ1) is 38.4. The van der Waals surface area contributed by atoms with Gasteiger partial charge in [0.05, 0.1) is 22.8 Å². The number of carboxylic acids is 1. The molecule has 2 aromatic heterocycles.